The highest BCUT2D eigenvalue weighted by Gasteiger charge is 2.21. The van der Waals surface area contributed by atoms with Crippen molar-refractivity contribution in [3.05, 3.63) is 27.2 Å². The molecule has 0 unspecified atom stereocenters. The summed E-state index contributed by atoms with van der Waals surface area (Å²) in [5.41, 5.74) is 0. The number of carbonyl (C=O) groups excluding carboxylic acids is 1. The lowest BCUT2D eigenvalue weighted by Gasteiger charge is -2.15. The fourth-order valence-electron chi connectivity index (χ4n) is 2.20. The van der Waals surface area contributed by atoms with Crippen LogP contribution in [0.4, 0.5) is 0 Å². The number of hydrogen-bond acceptors (Lipinski definition) is 3. The zero-order chi connectivity index (χ0) is 16.3. The lowest BCUT2D eigenvalue weighted by atomic mass is 10.4. The van der Waals surface area contributed by atoms with Crippen LogP contribution in [0.25, 0.3) is 0 Å². The van der Waals surface area contributed by atoms with Crippen molar-refractivity contribution in [2.45, 2.75) is 24.2 Å². The molecular weight excluding hydrogens is 371 g/mol. The molecule has 1 amide bonds. The van der Waals surface area contributed by atoms with Gasteiger partial charge in [-0.2, -0.15) is 0 Å². The van der Waals surface area contributed by atoms with Crippen molar-refractivity contribution in [2.75, 3.05) is 19.6 Å². The minimum atomic E-state index is -3.77. The van der Waals surface area contributed by atoms with Crippen molar-refractivity contribution < 1.29 is 13.2 Å². The van der Waals surface area contributed by atoms with Gasteiger partial charge in [-0.1, -0.05) is 34.8 Å². The number of halogens is 3. The Labute approximate surface area is 144 Å². The molecule has 0 atom stereocenters. The van der Waals surface area contributed by atoms with E-state index in [4.69, 9.17) is 34.8 Å². The molecule has 1 N–H and O–H groups in total. The van der Waals surface area contributed by atoms with Gasteiger partial charge in [-0.05, 0) is 25.0 Å². The molecule has 122 valence electrons. The molecule has 1 fully saturated rings. The number of hydrogen-bond donors (Lipinski definition) is 1. The molecule has 1 aromatic rings. The fraction of sp³-hybridized carbons (Fsp3) is 0.462. The summed E-state index contributed by atoms with van der Waals surface area (Å²) < 4.78 is 26.8. The molecule has 1 heterocycles. The van der Waals surface area contributed by atoms with Crippen LogP contribution in [-0.4, -0.2) is 38.9 Å². The molecule has 0 spiro atoms. The zero-order valence-corrected chi connectivity index (χ0v) is 14.7. The smallest absolute Gasteiger partial charge is 0.242 e. The third kappa shape index (κ3) is 4.26. The van der Waals surface area contributed by atoms with Crippen molar-refractivity contribution in [1.29, 1.82) is 0 Å². The minimum Gasteiger partial charge on any atom is -0.343 e. The normalized spacial score (nSPS) is 15.6. The van der Waals surface area contributed by atoms with Gasteiger partial charge in [0.15, 0.2) is 0 Å². The number of sulfonamides is 1. The maximum absolute atomic E-state index is 12.2. The zero-order valence-electron chi connectivity index (χ0n) is 11.6. The number of amides is 1. The maximum atomic E-state index is 12.2. The number of likely N-dealkylation sites (tertiary alicyclic amines) is 1. The van der Waals surface area contributed by atoms with Crippen LogP contribution < -0.4 is 4.72 Å². The Morgan fingerprint density at radius 2 is 1.82 bits per heavy atom. The van der Waals surface area contributed by atoms with Crippen molar-refractivity contribution in [2.24, 2.45) is 0 Å². The van der Waals surface area contributed by atoms with E-state index in [0.717, 1.165) is 13.0 Å². The third-order valence-corrected chi connectivity index (χ3v) is 5.98. The Morgan fingerprint density at radius 3 is 2.45 bits per heavy atom. The Morgan fingerprint density at radius 1 is 1.14 bits per heavy atom. The van der Waals surface area contributed by atoms with Crippen LogP contribution in [0.15, 0.2) is 17.0 Å². The third-order valence-electron chi connectivity index (χ3n) is 3.33. The molecule has 1 aromatic carbocycles. The molecular formula is C13H15Cl3N2O3S. The lowest BCUT2D eigenvalue weighted by Crippen LogP contribution is -2.30. The number of benzene rings is 1. The summed E-state index contributed by atoms with van der Waals surface area (Å²) in [7, 11) is -3.77. The summed E-state index contributed by atoms with van der Waals surface area (Å²) in [6.45, 7) is 1.49. The van der Waals surface area contributed by atoms with E-state index in [0.29, 0.717) is 19.4 Å². The van der Waals surface area contributed by atoms with E-state index < -0.39 is 10.0 Å². The van der Waals surface area contributed by atoms with Crippen molar-refractivity contribution in [1.82, 2.24) is 9.62 Å². The molecule has 22 heavy (non-hydrogen) atoms. The topological polar surface area (TPSA) is 66.5 Å². The highest BCUT2D eigenvalue weighted by Crippen LogP contribution is 2.31. The van der Waals surface area contributed by atoms with Gasteiger partial charge in [0.2, 0.25) is 15.9 Å². The average molecular weight is 386 g/mol. The van der Waals surface area contributed by atoms with Crippen LogP contribution in [0.3, 0.4) is 0 Å². The van der Waals surface area contributed by atoms with Gasteiger partial charge in [-0.15, -0.1) is 0 Å². The van der Waals surface area contributed by atoms with Gasteiger partial charge in [-0.25, -0.2) is 13.1 Å². The summed E-state index contributed by atoms with van der Waals surface area (Å²) in [5, 5.41) is 0.323. The Balaban J connectivity index is 1.94. The summed E-state index contributed by atoms with van der Waals surface area (Å²) in [4.78, 5) is 13.1. The first-order valence-corrected chi connectivity index (χ1v) is 9.35. The van der Waals surface area contributed by atoms with E-state index in [9.17, 15) is 13.2 Å². The van der Waals surface area contributed by atoms with Gasteiger partial charge < -0.3 is 4.90 Å². The molecule has 1 aliphatic rings. The Kier molecular flexibility index (Phi) is 5.96. The average Bonchev–Trinajstić information content (AvgIpc) is 2.84. The van der Waals surface area contributed by atoms with Gasteiger partial charge in [0.05, 0.1) is 15.1 Å². The second kappa shape index (κ2) is 7.36. The number of nitrogens with one attached hydrogen (secondary N) is 1. The van der Waals surface area contributed by atoms with Crippen molar-refractivity contribution in [3.63, 3.8) is 0 Å². The molecule has 0 saturated carbocycles. The van der Waals surface area contributed by atoms with Crippen LogP contribution in [0.5, 0.6) is 0 Å². The maximum Gasteiger partial charge on any atom is 0.242 e. The minimum absolute atomic E-state index is 0.0108. The van der Waals surface area contributed by atoms with E-state index >= 15 is 0 Å². The number of rotatable bonds is 6. The van der Waals surface area contributed by atoms with Gasteiger partial charge >= 0.3 is 0 Å². The monoisotopic (exact) mass is 384 g/mol. The standard InChI is InChI=1S/C13H15Cl3N2O3S/c14-9-7-11(16)12(8-10(9)15)22(20,21)17-4-2-6-18-5-1-3-13(18)19/h7-8,17H,1-6H2. The van der Waals surface area contributed by atoms with Crippen LogP contribution in [0.1, 0.15) is 19.3 Å². The lowest BCUT2D eigenvalue weighted by molar-refractivity contribution is -0.127. The second-order valence-corrected chi connectivity index (χ2v) is 7.89. The fourth-order valence-corrected chi connectivity index (χ4v) is 4.28. The molecule has 5 nitrogen and oxygen atoms in total. The molecule has 1 saturated heterocycles. The first-order chi connectivity index (χ1) is 10.3. The predicted octanol–water partition coefficient (Wildman–Crippen LogP) is 2.94. The largest absolute Gasteiger partial charge is 0.343 e. The van der Waals surface area contributed by atoms with Gasteiger partial charge in [-0.3, -0.25) is 4.79 Å². The molecule has 2 rings (SSSR count). The molecule has 0 aromatic heterocycles. The van der Waals surface area contributed by atoms with Gasteiger partial charge in [0, 0.05) is 26.1 Å². The Bertz CT molecular complexity index is 679. The first-order valence-electron chi connectivity index (χ1n) is 6.73. The van der Waals surface area contributed by atoms with Crippen LogP contribution in [0, 0.1) is 0 Å². The SMILES string of the molecule is O=C1CCCN1CCCNS(=O)(=O)c1cc(Cl)c(Cl)cc1Cl. The van der Waals surface area contributed by atoms with Crippen molar-refractivity contribution in [3.8, 4) is 0 Å². The van der Waals surface area contributed by atoms with E-state index in [1.807, 2.05) is 0 Å². The van der Waals surface area contributed by atoms with Crippen LogP contribution in [-0.2, 0) is 14.8 Å². The summed E-state index contributed by atoms with van der Waals surface area (Å²) in [5.74, 6) is 0.121. The van der Waals surface area contributed by atoms with E-state index in [1.54, 1.807) is 4.90 Å². The molecule has 1 aliphatic heterocycles. The van der Waals surface area contributed by atoms with Crippen LogP contribution in [0.2, 0.25) is 15.1 Å². The second-order valence-electron chi connectivity index (χ2n) is 4.93. The van der Waals surface area contributed by atoms with E-state index in [2.05, 4.69) is 4.72 Å². The summed E-state index contributed by atoms with van der Waals surface area (Å²) in [6.07, 6.45) is 1.97. The van der Waals surface area contributed by atoms with E-state index in [1.165, 1.54) is 12.1 Å². The quantitative estimate of drug-likeness (QED) is 0.605. The highest BCUT2D eigenvalue weighted by atomic mass is 35.5. The van der Waals surface area contributed by atoms with E-state index in [-0.39, 0.29) is 32.4 Å². The first kappa shape index (κ1) is 17.8. The highest BCUT2D eigenvalue weighted by molar-refractivity contribution is 7.89. The molecule has 0 aliphatic carbocycles. The predicted molar refractivity (Wildman–Crippen MR) is 87.1 cm³/mol. The number of nitrogens with zero attached hydrogens (tertiary/aromatic N) is 1. The summed E-state index contributed by atoms with van der Waals surface area (Å²) in [6, 6.07) is 2.52. The van der Waals surface area contributed by atoms with Crippen LogP contribution >= 0.6 is 34.8 Å². The molecule has 0 radical (unpaired) electrons. The van der Waals surface area contributed by atoms with Crippen molar-refractivity contribution >= 4 is 50.7 Å². The van der Waals surface area contributed by atoms with Gasteiger partial charge in [0.25, 0.3) is 0 Å². The summed E-state index contributed by atoms with van der Waals surface area (Å²) >= 11 is 17.5. The number of carbonyl (C=O) groups is 1. The molecule has 9 heteroatoms. The van der Waals surface area contributed by atoms with Gasteiger partial charge in [0.1, 0.15) is 4.90 Å². The Hall–Kier alpha value is -0.530. The molecule has 0 bridgehead atoms.